The third-order valence-electron chi connectivity index (χ3n) is 5.15. The number of piperidine rings is 2. The summed E-state index contributed by atoms with van der Waals surface area (Å²) in [6, 6.07) is 1.32. The highest BCUT2D eigenvalue weighted by atomic mass is 15.5. The van der Waals surface area contributed by atoms with Crippen molar-refractivity contribution in [2.24, 2.45) is 5.92 Å². The van der Waals surface area contributed by atoms with Crippen molar-refractivity contribution in [2.45, 2.75) is 50.2 Å². The van der Waals surface area contributed by atoms with E-state index in [1.807, 2.05) is 0 Å². The maximum Gasteiger partial charge on any atom is 0.116 e. The van der Waals surface area contributed by atoms with Crippen molar-refractivity contribution in [3.05, 3.63) is 0 Å². The van der Waals surface area contributed by atoms with Crippen LogP contribution in [-0.2, 0) is 0 Å². The number of rotatable bonds is 0. The maximum atomic E-state index is 3.80. The Balaban J connectivity index is 1.46. The van der Waals surface area contributed by atoms with Gasteiger partial charge in [-0.25, -0.2) is 0 Å². The second-order valence-corrected chi connectivity index (χ2v) is 6.33. The highest BCUT2D eigenvalue weighted by Gasteiger charge is 2.42. The van der Waals surface area contributed by atoms with E-state index in [0.717, 1.165) is 5.92 Å². The molecule has 0 bridgehead atoms. The predicted molar refractivity (Wildman–Crippen MR) is 71.0 cm³/mol. The number of fused-ring (bicyclic) bond motifs is 3. The molecule has 4 heterocycles. The number of hydrogen-bond acceptors (Lipinski definition) is 5. The first-order chi connectivity index (χ1) is 8.90. The third-order valence-corrected chi connectivity index (χ3v) is 5.15. The molecule has 0 saturated carbocycles. The molecule has 0 aromatic carbocycles. The molecule has 0 aromatic heterocycles. The molecule has 5 nitrogen and oxygen atoms in total. The molecule has 5 heteroatoms. The van der Waals surface area contributed by atoms with Gasteiger partial charge in [0.15, 0.2) is 0 Å². The normalized spacial score (nSPS) is 49.0. The van der Waals surface area contributed by atoms with Crippen LogP contribution >= 0.6 is 0 Å². The Morgan fingerprint density at radius 3 is 2.72 bits per heavy atom. The Kier molecular flexibility index (Phi) is 3.05. The molecule has 102 valence electrons. The van der Waals surface area contributed by atoms with Gasteiger partial charge in [0.25, 0.3) is 0 Å². The van der Waals surface area contributed by atoms with E-state index >= 15 is 0 Å². The molecule has 4 N–H and O–H groups in total. The molecule has 0 spiro atoms. The van der Waals surface area contributed by atoms with E-state index in [-0.39, 0.29) is 0 Å². The van der Waals surface area contributed by atoms with Crippen molar-refractivity contribution in [3.8, 4) is 0 Å². The van der Waals surface area contributed by atoms with Crippen molar-refractivity contribution < 1.29 is 0 Å². The Hall–Kier alpha value is -0.200. The van der Waals surface area contributed by atoms with Gasteiger partial charge in [-0.3, -0.25) is 15.5 Å². The van der Waals surface area contributed by atoms with Gasteiger partial charge in [0.05, 0.1) is 6.17 Å². The van der Waals surface area contributed by atoms with Crippen LogP contribution in [0.15, 0.2) is 0 Å². The van der Waals surface area contributed by atoms with Crippen LogP contribution in [0.1, 0.15) is 25.7 Å². The minimum atomic E-state index is 0.387. The van der Waals surface area contributed by atoms with Gasteiger partial charge in [0, 0.05) is 31.1 Å². The number of nitrogens with one attached hydrogen (secondary N) is 4. The summed E-state index contributed by atoms with van der Waals surface area (Å²) >= 11 is 0. The van der Waals surface area contributed by atoms with Crippen LogP contribution in [0.4, 0.5) is 0 Å². The molecular weight excluding hydrogens is 226 g/mol. The second kappa shape index (κ2) is 4.72. The van der Waals surface area contributed by atoms with E-state index in [0.29, 0.717) is 24.5 Å². The second-order valence-electron chi connectivity index (χ2n) is 6.33. The topological polar surface area (TPSA) is 51.4 Å². The number of nitrogens with zero attached hydrogens (tertiary/aromatic N) is 1. The fourth-order valence-corrected chi connectivity index (χ4v) is 4.16. The first-order valence-electron chi connectivity index (χ1n) is 7.63. The van der Waals surface area contributed by atoms with Crippen LogP contribution in [0.5, 0.6) is 0 Å². The van der Waals surface area contributed by atoms with Crippen LogP contribution in [0, 0.1) is 5.92 Å². The lowest BCUT2D eigenvalue weighted by Crippen LogP contribution is -2.77. The van der Waals surface area contributed by atoms with E-state index in [4.69, 9.17) is 0 Å². The summed E-state index contributed by atoms with van der Waals surface area (Å²) in [5, 5.41) is 14.9. The lowest BCUT2D eigenvalue weighted by Gasteiger charge is -2.54. The standard InChI is InChI=1S/C13H25N5/c1-3-9-7-18-8-11-10(4-2-5-14-11)16-13(18)17-12(9)15-6-1/h9-17H,1-8H2. The molecule has 0 aromatic rings. The van der Waals surface area contributed by atoms with Crippen molar-refractivity contribution in [3.63, 3.8) is 0 Å². The Labute approximate surface area is 109 Å². The van der Waals surface area contributed by atoms with Gasteiger partial charge in [-0.15, -0.1) is 0 Å². The van der Waals surface area contributed by atoms with E-state index in [1.54, 1.807) is 0 Å². The van der Waals surface area contributed by atoms with Gasteiger partial charge >= 0.3 is 0 Å². The molecule has 5 unspecified atom stereocenters. The van der Waals surface area contributed by atoms with Gasteiger partial charge in [-0.2, -0.15) is 0 Å². The maximum absolute atomic E-state index is 3.80. The summed E-state index contributed by atoms with van der Waals surface area (Å²) in [5.41, 5.74) is 0. The van der Waals surface area contributed by atoms with Crippen molar-refractivity contribution in [1.82, 2.24) is 26.2 Å². The average Bonchev–Trinajstić information content (AvgIpc) is 2.42. The smallest absolute Gasteiger partial charge is 0.116 e. The molecule has 4 rings (SSSR count). The minimum absolute atomic E-state index is 0.387. The average molecular weight is 251 g/mol. The molecule has 4 aliphatic rings. The zero-order valence-corrected chi connectivity index (χ0v) is 11.0. The highest BCUT2D eigenvalue weighted by molar-refractivity contribution is 4.99. The lowest BCUT2D eigenvalue weighted by molar-refractivity contribution is -0.0305. The Morgan fingerprint density at radius 2 is 1.72 bits per heavy atom. The van der Waals surface area contributed by atoms with E-state index in [1.165, 1.54) is 51.9 Å². The van der Waals surface area contributed by atoms with E-state index in [9.17, 15) is 0 Å². The largest absolute Gasteiger partial charge is 0.311 e. The van der Waals surface area contributed by atoms with Gasteiger partial charge in [0.2, 0.25) is 0 Å². The molecule has 0 aliphatic carbocycles. The molecule has 0 amide bonds. The van der Waals surface area contributed by atoms with Gasteiger partial charge < -0.3 is 10.6 Å². The van der Waals surface area contributed by atoms with Crippen LogP contribution in [0.3, 0.4) is 0 Å². The zero-order chi connectivity index (χ0) is 11.9. The quantitative estimate of drug-likeness (QED) is 0.455. The lowest BCUT2D eigenvalue weighted by atomic mass is 9.90. The summed E-state index contributed by atoms with van der Waals surface area (Å²) in [5.74, 6) is 0.789. The van der Waals surface area contributed by atoms with Crippen LogP contribution in [0.25, 0.3) is 0 Å². The van der Waals surface area contributed by atoms with E-state index < -0.39 is 0 Å². The van der Waals surface area contributed by atoms with Gasteiger partial charge in [-0.05, 0) is 38.8 Å². The first-order valence-corrected chi connectivity index (χ1v) is 7.63. The van der Waals surface area contributed by atoms with Crippen LogP contribution in [0.2, 0.25) is 0 Å². The van der Waals surface area contributed by atoms with E-state index in [2.05, 4.69) is 26.2 Å². The van der Waals surface area contributed by atoms with Crippen molar-refractivity contribution in [1.29, 1.82) is 0 Å². The molecule has 0 radical (unpaired) electrons. The predicted octanol–water partition coefficient (Wildman–Crippen LogP) is -0.775. The molecule has 4 aliphatic heterocycles. The molecule has 4 fully saturated rings. The summed E-state index contributed by atoms with van der Waals surface area (Å²) in [6.07, 6.45) is 6.25. The molecule has 5 atom stereocenters. The first kappa shape index (κ1) is 11.6. The van der Waals surface area contributed by atoms with Gasteiger partial charge in [-0.1, -0.05) is 0 Å². The fourth-order valence-electron chi connectivity index (χ4n) is 4.16. The summed E-state index contributed by atoms with van der Waals surface area (Å²) in [6.45, 7) is 4.82. The molecule has 4 saturated heterocycles. The molecule has 18 heavy (non-hydrogen) atoms. The third kappa shape index (κ3) is 1.98. The Bertz CT molecular complexity index is 252. The molecular formula is C13H25N5. The minimum Gasteiger partial charge on any atom is -0.311 e. The van der Waals surface area contributed by atoms with Crippen LogP contribution < -0.4 is 21.3 Å². The fraction of sp³-hybridized carbons (Fsp3) is 1.00. The zero-order valence-electron chi connectivity index (χ0n) is 11.0. The van der Waals surface area contributed by atoms with Crippen molar-refractivity contribution in [2.75, 3.05) is 26.2 Å². The summed E-state index contributed by atoms with van der Waals surface area (Å²) in [7, 11) is 0. The summed E-state index contributed by atoms with van der Waals surface area (Å²) in [4.78, 5) is 2.60. The monoisotopic (exact) mass is 251 g/mol. The van der Waals surface area contributed by atoms with Gasteiger partial charge in [0.1, 0.15) is 6.29 Å². The number of hydrogen-bond donors (Lipinski definition) is 4. The SMILES string of the molecule is C1CNC2NC3NC4CCCNC4CN3CC2C1. The summed E-state index contributed by atoms with van der Waals surface area (Å²) < 4.78 is 0. The Morgan fingerprint density at radius 1 is 0.833 bits per heavy atom. The van der Waals surface area contributed by atoms with Crippen molar-refractivity contribution >= 4 is 0 Å². The highest BCUT2D eigenvalue weighted by Crippen LogP contribution is 2.25. The van der Waals surface area contributed by atoms with Crippen LogP contribution in [-0.4, -0.2) is 55.6 Å².